The molecule has 8 heteroatoms. The molecule has 0 saturated heterocycles. The standard InChI is InChI=1S/C32H33FN2O5/c1-15-16(2)22-20(25(33)17(15)3)12-19-13-21-26(35(5)6)28-24(30(38)32(21,4)29(37)23(19)27(22)36)31(34-40-28)39-14-18-10-8-7-9-11-18/h7-11,19,21,23,26H,12-14H2,1-6H3. The van der Waals surface area contributed by atoms with Crippen molar-refractivity contribution in [2.24, 2.45) is 23.2 Å². The Labute approximate surface area is 232 Å². The first-order chi connectivity index (χ1) is 19.0. The minimum atomic E-state index is -1.49. The van der Waals surface area contributed by atoms with Crippen LogP contribution in [-0.2, 0) is 17.8 Å². The highest BCUT2D eigenvalue weighted by Gasteiger charge is 2.65. The lowest BCUT2D eigenvalue weighted by Gasteiger charge is -2.52. The summed E-state index contributed by atoms with van der Waals surface area (Å²) in [5.74, 6) is -3.05. The Hall–Kier alpha value is -3.65. The maximum absolute atomic E-state index is 15.5. The predicted molar refractivity (Wildman–Crippen MR) is 145 cm³/mol. The van der Waals surface area contributed by atoms with E-state index in [1.807, 2.05) is 56.3 Å². The van der Waals surface area contributed by atoms with Crippen molar-refractivity contribution >= 4 is 17.3 Å². The number of Topliss-reactive ketones (excluding diaryl/α,β-unsaturated/α-hetero) is 3. The molecule has 0 amide bonds. The zero-order valence-corrected chi connectivity index (χ0v) is 23.6. The topological polar surface area (TPSA) is 89.7 Å². The number of fused-ring (bicyclic) bond motifs is 4. The lowest BCUT2D eigenvalue weighted by Crippen LogP contribution is -2.60. The van der Waals surface area contributed by atoms with E-state index in [1.54, 1.807) is 20.8 Å². The Morgan fingerprint density at radius 3 is 2.42 bits per heavy atom. The number of carbonyl (C=O) groups is 3. The molecule has 0 bridgehead atoms. The van der Waals surface area contributed by atoms with Gasteiger partial charge in [0.1, 0.15) is 18.0 Å². The summed E-state index contributed by atoms with van der Waals surface area (Å²) in [4.78, 5) is 44.7. The zero-order valence-electron chi connectivity index (χ0n) is 23.6. The van der Waals surface area contributed by atoms with Gasteiger partial charge in [0.05, 0.1) is 17.4 Å². The number of hydrogen-bond donors (Lipinski definition) is 0. The average Bonchev–Trinajstić information content (AvgIpc) is 3.35. The number of ether oxygens (including phenoxy) is 1. The van der Waals surface area contributed by atoms with Gasteiger partial charge in [-0.05, 0) is 93.5 Å². The van der Waals surface area contributed by atoms with Crippen LogP contribution in [0.15, 0.2) is 34.9 Å². The maximum atomic E-state index is 15.5. The second kappa shape index (κ2) is 9.20. The molecule has 3 aliphatic carbocycles. The second-order valence-electron chi connectivity index (χ2n) is 12.0. The van der Waals surface area contributed by atoms with E-state index in [0.717, 1.165) is 5.56 Å². The van der Waals surface area contributed by atoms with Crippen molar-refractivity contribution in [3.8, 4) is 5.88 Å². The Balaban J connectivity index is 1.44. The van der Waals surface area contributed by atoms with Crippen molar-refractivity contribution in [3.63, 3.8) is 0 Å². The summed E-state index contributed by atoms with van der Waals surface area (Å²) >= 11 is 0. The summed E-state index contributed by atoms with van der Waals surface area (Å²) in [6.07, 6.45) is 0.680. The second-order valence-corrected chi connectivity index (χ2v) is 12.0. The van der Waals surface area contributed by atoms with Gasteiger partial charge in [0.2, 0.25) is 0 Å². The Kier molecular flexibility index (Phi) is 6.11. The molecule has 7 nitrogen and oxygen atoms in total. The van der Waals surface area contributed by atoms with Crippen LogP contribution in [0, 0.1) is 49.8 Å². The fourth-order valence-electron chi connectivity index (χ4n) is 7.38. The molecule has 1 aromatic heterocycles. The number of benzene rings is 2. The molecule has 3 aromatic rings. The van der Waals surface area contributed by atoms with Crippen LogP contribution in [0.5, 0.6) is 5.88 Å². The molecule has 1 saturated carbocycles. The normalized spacial score (nSPS) is 27.2. The lowest BCUT2D eigenvalue weighted by atomic mass is 9.49. The van der Waals surface area contributed by atoms with Crippen LogP contribution in [0.1, 0.15) is 73.7 Å². The summed E-state index contributed by atoms with van der Waals surface area (Å²) in [7, 11) is 3.73. The van der Waals surface area contributed by atoms with Gasteiger partial charge in [-0.3, -0.25) is 19.3 Å². The van der Waals surface area contributed by atoms with Crippen LogP contribution in [0.4, 0.5) is 4.39 Å². The van der Waals surface area contributed by atoms with Gasteiger partial charge in [-0.2, -0.15) is 0 Å². The third kappa shape index (κ3) is 3.51. The molecule has 0 N–H and O–H groups in total. The van der Waals surface area contributed by atoms with Crippen LogP contribution in [0.2, 0.25) is 0 Å². The molecular weight excluding hydrogens is 511 g/mol. The van der Waals surface area contributed by atoms with Crippen LogP contribution in [-0.4, -0.2) is 41.5 Å². The minimum Gasteiger partial charge on any atom is -0.470 e. The van der Waals surface area contributed by atoms with Crippen molar-refractivity contribution in [2.75, 3.05) is 14.1 Å². The molecule has 0 aliphatic heterocycles. The largest absolute Gasteiger partial charge is 0.470 e. The maximum Gasteiger partial charge on any atom is 0.265 e. The molecule has 208 valence electrons. The van der Waals surface area contributed by atoms with Crippen LogP contribution < -0.4 is 4.74 Å². The third-order valence-corrected chi connectivity index (χ3v) is 9.77. The highest BCUT2D eigenvalue weighted by atomic mass is 19.1. The van der Waals surface area contributed by atoms with Gasteiger partial charge in [-0.25, -0.2) is 4.39 Å². The summed E-state index contributed by atoms with van der Waals surface area (Å²) in [6, 6.07) is 9.04. The Bertz CT molecular complexity index is 1580. The van der Waals surface area contributed by atoms with Gasteiger partial charge in [0.15, 0.2) is 23.1 Å². The van der Waals surface area contributed by atoms with Crippen molar-refractivity contribution in [1.29, 1.82) is 0 Å². The molecule has 1 fully saturated rings. The first kappa shape index (κ1) is 26.6. The molecule has 0 radical (unpaired) electrons. The molecule has 3 aliphatic rings. The van der Waals surface area contributed by atoms with E-state index in [4.69, 9.17) is 9.26 Å². The number of nitrogens with zero attached hydrogens (tertiary/aromatic N) is 2. The van der Waals surface area contributed by atoms with E-state index < -0.39 is 40.8 Å². The number of aromatic nitrogens is 1. The highest BCUT2D eigenvalue weighted by molar-refractivity contribution is 6.24. The van der Waals surface area contributed by atoms with Crippen molar-refractivity contribution in [1.82, 2.24) is 10.1 Å². The van der Waals surface area contributed by atoms with Crippen LogP contribution >= 0.6 is 0 Å². The summed E-state index contributed by atoms with van der Waals surface area (Å²) < 4.78 is 27.2. The SMILES string of the molecule is Cc1c(C)c(F)c2c(c1C)C(=O)C1C(=O)C3(C)C(=O)c4c(OCc5ccccc5)noc4C(N(C)C)C3CC1C2. The molecular formula is C32H33FN2O5. The molecule has 2 aromatic carbocycles. The van der Waals surface area contributed by atoms with E-state index in [1.165, 1.54) is 0 Å². The number of hydrogen-bond acceptors (Lipinski definition) is 7. The van der Waals surface area contributed by atoms with Gasteiger partial charge in [-0.15, -0.1) is 0 Å². The third-order valence-electron chi connectivity index (χ3n) is 9.77. The van der Waals surface area contributed by atoms with Gasteiger partial charge in [0, 0.05) is 11.5 Å². The van der Waals surface area contributed by atoms with Gasteiger partial charge < -0.3 is 9.26 Å². The quantitative estimate of drug-likeness (QED) is 0.407. The number of carbonyl (C=O) groups excluding carboxylic acids is 3. The zero-order chi connectivity index (χ0) is 28.7. The molecule has 5 atom stereocenters. The summed E-state index contributed by atoms with van der Waals surface area (Å²) in [5, 5.41) is 4.12. The van der Waals surface area contributed by atoms with Crippen LogP contribution in [0.25, 0.3) is 0 Å². The van der Waals surface area contributed by atoms with Gasteiger partial charge >= 0.3 is 0 Å². The van der Waals surface area contributed by atoms with E-state index >= 15 is 4.39 Å². The van der Waals surface area contributed by atoms with Crippen molar-refractivity contribution in [3.05, 3.63) is 80.9 Å². The summed E-state index contributed by atoms with van der Waals surface area (Å²) in [6.45, 7) is 7.16. The average molecular weight is 545 g/mol. The molecule has 1 heterocycles. The highest BCUT2D eigenvalue weighted by Crippen LogP contribution is 2.59. The smallest absolute Gasteiger partial charge is 0.265 e. The first-order valence-corrected chi connectivity index (χ1v) is 13.7. The van der Waals surface area contributed by atoms with Gasteiger partial charge in [0.25, 0.3) is 5.88 Å². The fraction of sp³-hybridized carbons (Fsp3) is 0.438. The Morgan fingerprint density at radius 2 is 1.75 bits per heavy atom. The molecule has 5 unspecified atom stereocenters. The lowest BCUT2D eigenvalue weighted by molar-refractivity contribution is -0.140. The van der Waals surface area contributed by atoms with E-state index in [-0.39, 0.29) is 36.1 Å². The van der Waals surface area contributed by atoms with Crippen molar-refractivity contribution < 1.29 is 28.0 Å². The molecule has 0 spiro atoms. The monoisotopic (exact) mass is 544 g/mol. The number of halogens is 1. The molecule has 6 rings (SSSR count). The molecule has 40 heavy (non-hydrogen) atoms. The van der Waals surface area contributed by atoms with Crippen LogP contribution in [0.3, 0.4) is 0 Å². The minimum absolute atomic E-state index is 0.0506. The van der Waals surface area contributed by atoms with E-state index in [0.29, 0.717) is 40.0 Å². The van der Waals surface area contributed by atoms with E-state index in [9.17, 15) is 14.4 Å². The first-order valence-electron chi connectivity index (χ1n) is 13.7. The predicted octanol–water partition coefficient (Wildman–Crippen LogP) is 5.38. The number of ketones is 3. The fourth-order valence-corrected chi connectivity index (χ4v) is 7.38. The Morgan fingerprint density at radius 1 is 1.05 bits per heavy atom. The van der Waals surface area contributed by atoms with E-state index in [2.05, 4.69) is 5.16 Å². The number of rotatable bonds is 4. The summed E-state index contributed by atoms with van der Waals surface area (Å²) in [5.41, 5.74) is 2.22. The van der Waals surface area contributed by atoms with Crippen molar-refractivity contribution in [2.45, 2.75) is 53.2 Å². The van der Waals surface area contributed by atoms with Gasteiger partial charge in [-0.1, -0.05) is 30.3 Å².